The van der Waals surface area contributed by atoms with Gasteiger partial charge in [-0.05, 0) is 38.5 Å². The summed E-state index contributed by atoms with van der Waals surface area (Å²) in [4.78, 5) is 11.3. The first-order chi connectivity index (χ1) is 9.60. The van der Waals surface area contributed by atoms with E-state index in [4.69, 9.17) is 9.47 Å². The molecule has 2 N–H and O–H groups in total. The molecule has 5 nitrogen and oxygen atoms in total. The van der Waals surface area contributed by atoms with Crippen molar-refractivity contribution in [1.29, 1.82) is 0 Å². The van der Waals surface area contributed by atoms with Crippen molar-refractivity contribution < 1.29 is 14.3 Å². The number of benzene rings is 1. The average Bonchev–Trinajstić information content (AvgIpc) is 2.44. The number of rotatable bonds is 6. The van der Waals surface area contributed by atoms with Gasteiger partial charge in [0.25, 0.3) is 5.91 Å². The lowest BCUT2D eigenvalue weighted by atomic mass is 10.1. The van der Waals surface area contributed by atoms with E-state index in [1.165, 1.54) is 0 Å². The van der Waals surface area contributed by atoms with E-state index < -0.39 is 0 Å². The molecule has 0 spiro atoms. The van der Waals surface area contributed by atoms with Crippen LogP contribution in [-0.4, -0.2) is 31.8 Å². The van der Waals surface area contributed by atoms with E-state index in [1.807, 2.05) is 25.1 Å². The Morgan fingerprint density at radius 1 is 1.45 bits per heavy atom. The molecule has 0 saturated heterocycles. The van der Waals surface area contributed by atoms with Gasteiger partial charge in [-0.2, -0.15) is 0 Å². The van der Waals surface area contributed by atoms with Crippen molar-refractivity contribution in [2.45, 2.75) is 32.9 Å². The van der Waals surface area contributed by atoms with E-state index in [0.29, 0.717) is 6.61 Å². The lowest BCUT2D eigenvalue weighted by Gasteiger charge is -2.23. The van der Waals surface area contributed by atoms with Crippen molar-refractivity contribution in [2.24, 2.45) is 0 Å². The van der Waals surface area contributed by atoms with Crippen LogP contribution >= 0.6 is 0 Å². The molecule has 1 aromatic carbocycles. The zero-order chi connectivity index (χ0) is 14.5. The molecule has 2 atom stereocenters. The van der Waals surface area contributed by atoms with E-state index in [0.717, 1.165) is 23.6 Å². The smallest absolute Gasteiger partial charge is 0.262 e. The standard InChI is InChI=1S/C15H22N2O3/c1-4-19-8-10(2)16-11(3)12-5-6-14-13(7-12)17-15(18)9-20-14/h5-7,10-11,16H,4,8-9H2,1-3H3,(H,17,18). The Labute approximate surface area is 119 Å². The van der Waals surface area contributed by atoms with Crippen LogP contribution in [0.3, 0.4) is 0 Å². The summed E-state index contributed by atoms with van der Waals surface area (Å²) in [5.41, 5.74) is 1.85. The molecule has 0 aromatic heterocycles. The van der Waals surface area contributed by atoms with Crippen molar-refractivity contribution in [2.75, 3.05) is 25.1 Å². The Kier molecular flexibility index (Phi) is 4.98. The summed E-state index contributed by atoms with van der Waals surface area (Å²) >= 11 is 0. The Bertz CT molecular complexity index is 476. The van der Waals surface area contributed by atoms with Crippen LogP contribution in [0, 0.1) is 0 Å². The van der Waals surface area contributed by atoms with Gasteiger partial charge < -0.3 is 20.1 Å². The third kappa shape index (κ3) is 3.71. The molecule has 0 aliphatic carbocycles. The Balaban J connectivity index is 2.01. The second-order valence-corrected chi connectivity index (χ2v) is 5.04. The molecule has 1 aliphatic heterocycles. The van der Waals surface area contributed by atoms with Crippen LogP contribution in [0.15, 0.2) is 18.2 Å². The van der Waals surface area contributed by atoms with Gasteiger partial charge in [0, 0.05) is 18.7 Å². The first-order valence-corrected chi connectivity index (χ1v) is 7.00. The highest BCUT2D eigenvalue weighted by Crippen LogP contribution is 2.30. The van der Waals surface area contributed by atoms with Crippen molar-refractivity contribution in [1.82, 2.24) is 5.32 Å². The van der Waals surface area contributed by atoms with Gasteiger partial charge in [-0.3, -0.25) is 4.79 Å². The van der Waals surface area contributed by atoms with Gasteiger partial charge >= 0.3 is 0 Å². The highest BCUT2D eigenvalue weighted by atomic mass is 16.5. The van der Waals surface area contributed by atoms with Crippen LogP contribution in [0.25, 0.3) is 0 Å². The largest absolute Gasteiger partial charge is 0.482 e. The Morgan fingerprint density at radius 3 is 3.00 bits per heavy atom. The number of carbonyl (C=O) groups is 1. The number of hydrogen-bond donors (Lipinski definition) is 2. The highest BCUT2D eigenvalue weighted by molar-refractivity contribution is 5.95. The molecule has 1 amide bonds. The number of nitrogens with one attached hydrogen (secondary N) is 2. The van der Waals surface area contributed by atoms with Gasteiger partial charge in [0.2, 0.25) is 0 Å². The number of ether oxygens (including phenoxy) is 2. The van der Waals surface area contributed by atoms with Crippen LogP contribution in [0.1, 0.15) is 32.4 Å². The monoisotopic (exact) mass is 278 g/mol. The van der Waals surface area contributed by atoms with Crippen LogP contribution in [0.4, 0.5) is 5.69 Å². The number of amides is 1. The molecule has 1 aromatic rings. The summed E-state index contributed by atoms with van der Waals surface area (Å²) in [6, 6.07) is 6.32. The fraction of sp³-hybridized carbons (Fsp3) is 0.533. The van der Waals surface area contributed by atoms with Gasteiger partial charge in [-0.1, -0.05) is 6.07 Å². The second kappa shape index (κ2) is 6.72. The van der Waals surface area contributed by atoms with Crippen molar-refractivity contribution in [3.8, 4) is 5.75 Å². The van der Waals surface area contributed by atoms with Gasteiger partial charge in [0.1, 0.15) is 5.75 Å². The maximum Gasteiger partial charge on any atom is 0.262 e. The third-order valence-electron chi connectivity index (χ3n) is 3.24. The SMILES string of the molecule is CCOCC(C)NC(C)c1ccc2c(c1)NC(=O)CO2. The van der Waals surface area contributed by atoms with Gasteiger partial charge in [-0.15, -0.1) is 0 Å². The van der Waals surface area contributed by atoms with E-state index in [2.05, 4.69) is 24.5 Å². The number of carbonyl (C=O) groups excluding carboxylic acids is 1. The molecule has 1 heterocycles. The lowest BCUT2D eigenvalue weighted by Crippen LogP contribution is -2.33. The second-order valence-electron chi connectivity index (χ2n) is 5.04. The molecule has 110 valence electrons. The molecule has 20 heavy (non-hydrogen) atoms. The minimum atomic E-state index is -0.111. The van der Waals surface area contributed by atoms with Crippen molar-refractivity contribution >= 4 is 11.6 Å². The summed E-state index contributed by atoms with van der Waals surface area (Å²) in [6.45, 7) is 7.67. The van der Waals surface area contributed by atoms with E-state index in [-0.39, 0.29) is 24.6 Å². The summed E-state index contributed by atoms with van der Waals surface area (Å²) in [6.07, 6.45) is 0. The van der Waals surface area contributed by atoms with Crippen LogP contribution in [-0.2, 0) is 9.53 Å². The normalized spacial score (nSPS) is 16.9. The average molecular weight is 278 g/mol. The van der Waals surface area contributed by atoms with Crippen molar-refractivity contribution in [3.63, 3.8) is 0 Å². The molecule has 1 aliphatic rings. The number of fused-ring (bicyclic) bond motifs is 1. The predicted molar refractivity (Wildman–Crippen MR) is 78.1 cm³/mol. The molecule has 2 unspecified atom stereocenters. The zero-order valence-electron chi connectivity index (χ0n) is 12.2. The molecule has 5 heteroatoms. The first kappa shape index (κ1) is 14.8. The van der Waals surface area contributed by atoms with E-state index in [9.17, 15) is 4.79 Å². The Morgan fingerprint density at radius 2 is 2.25 bits per heavy atom. The number of anilines is 1. The lowest BCUT2D eigenvalue weighted by molar-refractivity contribution is -0.118. The summed E-state index contributed by atoms with van der Waals surface area (Å²) in [5, 5.41) is 6.30. The molecular weight excluding hydrogens is 256 g/mol. The number of hydrogen-bond acceptors (Lipinski definition) is 4. The van der Waals surface area contributed by atoms with Crippen LogP contribution in [0.2, 0.25) is 0 Å². The van der Waals surface area contributed by atoms with Gasteiger partial charge in [0.15, 0.2) is 6.61 Å². The fourth-order valence-electron chi connectivity index (χ4n) is 2.24. The summed E-state index contributed by atoms with van der Waals surface area (Å²) < 4.78 is 10.7. The minimum absolute atomic E-state index is 0.0888. The molecule has 0 fully saturated rings. The first-order valence-electron chi connectivity index (χ1n) is 7.00. The van der Waals surface area contributed by atoms with Gasteiger partial charge in [-0.25, -0.2) is 0 Å². The summed E-state index contributed by atoms with van der Waals surface area (Å²) in [5.74, 6) is 0.614. The molecular formula is C15H22N2O3. The van der Waals surface area contributed by atoms with Crippen LogP contribution < -0.4 is 15.4 Å². The van der Waals surface area contributed by atoms with E-state index >= 15 is 0 Å². The molecule has 0 saturated carbocycles. The maximum atomic E-state index is 11.3. The van der Waals surface area contributed by atoms with Crippen LogP contribution in [0.5, 0.6) is 5.75 Å². The highest BCUT2D eigenvalue weighted by Gasteiger charge is 2.18. The quantitative estimate of drug-likeness (QED) is 0.836. The summed E-state index contributed by atoms with van der Waals surface area (Å²) in [7, 11) is 0. The molecule has 2 rings (SSSR count). The topological polar surface area (TPSA) is 59.6 Å². The predicted octanol–water partition coefficient (Wildman–Crippen LogP) is 2.09. The third-order valence-corrected chi connectivity index (χ3v) is 3.24. The molecule has 0 bridgehead atoms. The minimum Gasteiger partial charge on any atom is -0.482 e. The zero-order valence-corrected chi connectivity index (χ0v) is 12.2. The van der Waals surface area contributed by atoms with E-state index in [1.54, 1.807) is 0 Å². The van der Waals surface area contributed by atoms with Crippen molar-refractivity contribution in [3.05, 3.63) is 23.8 Å². The maximum absolute atomic E-state index is 11.3. The van der Waals surface area contributed by atoms with Gasteiger partial charge in [0.05, 0.1) is 12.3 Å². The fourth-order valence-corrected chi connectivity index (χ4v) is 2.24. The Hall–Kier alpha value is -1.59. The molecule has 0 radical (unpaired) electrons.